The van der Waals surface area contributed by atoms with Crippen molar-refractivity contribution in [2.45, 2.75) is 19.4 Å². The number of nitrogens with zero attached hydrogens (tertiary/aromatic N) is 2. The van der Waals surface area contributed by atoms with E-state index in [-0.39, 0.29) is 5.56 Å². The van der Waals surface area contributed by atoms with Gasteiger partial charge in [-0.05, 0) is 24.6 Å². The first kappa shape index (κ1) is 17.5. The number of aromatic nitrogens is 2. The lowest BCUT2D eigenvalue weighted by atomic mass is 10.1. The van der Waals surface area contributed by atoms with Crippen molar-refractivity contribution in [2.24, 2.45) is 0 Å². The minimum Gasteiger partial charge on any atom is -0.497 e. The molecule has 0 aliphatic carbocycles. The monoisotopic (exact) mass is 332 g/mol. The summed E-state index contributed by atoms with van der Waals surface area (Å²) in [6.07, 6.45) is 0.392. The zero-order chi connectivity index (χ0) is 17.7. The summed E-state index contributed by atoms with van der Waals surface area (Å²) in [5.74, 6) is 0.689. The number of benzene rings is 1. The molecule has 0 unspecified atom stereocenters. The largest absolute Gasteiger partial charge is 0.497 e. The second-order valence-corrected chi connectivity index (χ2v) is 5.01. The second kappa shape index (κ2) is 7.63. The molecular formula is C17H20N2O5. The van der Waals surface area contributed by atoms with Crippen molar-refractivity contribution in [3.63, 3.8) is 0 Å². The van der Waals surface area contributed by atoms with Gasteiger partial charge in [-0.2, -0.15) is 5.10 Å². The molecule has 0 spiro atoms. The maximum atomic E-state index is 12.1. The van der Waals surface area contributed by atoms with E-state index >= 15 is 0 Å². The van der Waals surface area contributed by atoms with Gasteiger partial charge in [0.2, 0.25) is 0 Å². The van der Waals surface area contributed by atoms with Gasteiger partial charge in [-0.3, -0.25) is 4.79 Å². The summed E-state index contributed by atoms with van der Waals surface area (Å²) in [4.78, 5) is 24.0. The third kappa shape index (κ3) is 3.40. The van der Waals surface area contributed by atoms with E-state index in [2.05, 4.69) is 5.10 Å². The Balaban J connectivity index is 2.56. The zero-order valence-electron chi connectivity index (χ0n) is 14.1. The molecule has 0 aliphatic heterocycles. The van der Waals surface area contributed by atoms with Crippen LogP contribution in [-0.2, 0) is 9.53 Å². The van der Waals surface area contributed by atoms with Gasteiger partial charge in [0.05, 0.1) is 27.0 Å². The Morgan fingerprint density at radius 1 is 1.17 bits per heavy atom. The number of carbonyl (C=O) groups is 1. The SMILES string of the molecule is CC[C@H](C(=O)OC)n1nc(-c2ccc(OC)cc2OC)ccc1=O. The number of esters is 1. The Morgan fingerprint density at radius 3 is 2.50 bits per heavy atom. The summed E-state index contributed by atoms with van der Waals surface area (Å²) < 4.78 is 16.4. The molecule has 24 heavy (non-hydrogen) atoms. The fourth-order valence-electron chi connectivity index (χ4n) is 2.38. The molecule has 128 valence electrons. The van der Waals surface area contributed by atoms with E-state index < -0.39 is 12.0 Å². The summed E-state index contributed by atoms with van der Waals surface area (Å²) >= 11 is 0. The maximum Gasteiger partial charge on any atom is 0.330 e. The molecule has 1 heterocycles. The number of ether oxygens (including phenoxy) is 3. The molecule has 7 nitrogen and oxygen atoms in total. The molecule has 0 N–H and O–H groups in total. The number of methoxy groups -OCH3 is 3. The van der Waals surface area contributed by atoms with Crippen LogP contribution in [0.4, 0.5) is 0 Å². The smallest absolute Gasteiger partial charge is 0.330 e. The van der Waals surface area contributed by atoms with Crippen molar-refractivity contribution in [3.05, 3.63) is 40.7 Å². The van der Waals surface area contributed by atoms with Crippen LogP contribution in [0.5, 0.6) is 11.5 Å². The van der Waals surface area contributed by atoms with Gasteiger partial charge in [-0.1, -0.05) is 6.92 Å². The standard InChI is InChI=1S/C17H20N2O5/c1-5-14(17(21)24-4)19-16(20)9-8-13(18-19)12-7-6-11(22-2)10-15(12)23-3/h6-10,14H,5H2,1-4H3/t14-/m1/s1. The molecule has 2 rings (SSSR count). The van der Waals surface area contributed by atoms with E-state index in [4.69, 9.17) is 14.2 Å². The molecule has 0 saturated carbocycles. The van der Waals surface area contributed by atoms with Crippen LogP contribution >= 0.6 is 0 Å². The average Bonchev–Trinajstić information content (AvgIpc) is 2.63. The highest BCUT2D eigenvalue weighted by Crippen LogP contribution is 2.31. The van der Waals surface area contributed by atoms with E-state index in [0.717, 1.165) is 4.68 Å². The minimum absolute atomic E-state index is 0.372. The average molecular weight is 332 g/mol. The predicted molar refractivity (Wildman–Crippen MR) is 88.4 cm³/mol. The van der Waals surface area contributed by atoms with Crippen molar-refractivity contribution < 1.29 is 19.0 Å². The normalized spacial score (nSPS) is 11.7. The number of hydrogen-bond acceptors (Lipinski definition) is 6. The molecule has 0 fully saturated rings. The lowest BCUT2D eigenvalue weighted by Crippen LogP contribution is -2.32. The zero-order valence-corrected chi connectivity index (χ0v) is 14.1. The van der Waals surface area contributed by atoms with Crippen LogP contribution in [-0.4, -0.2) is 37.1 Å². The summed E-state index contributed by atoms with van der Waals surface area (Å²) in [6, 6.07) is 7.47. The van der Waals surface area contributed by atoms with Gasteiger partial charge >= 0.3 is 5.97 Å². The molecule has 1 aromatic carbocycles. The van der Waals surface area contributed by atoms with Gasteiger partial charge in [0.25, 0.3) is 5.56 Å². The summed E-state index contributed by atoms with van der Waals surface area (Å²) in [6.45, 7) is 1.79. The molecular weight excluding hydrogens is 312 g/mol. The lowest BCUT2D eigenvalue weighted by molar-refractivity contribution is -0.145. The van der Waals surface area contributed by atoms with E-state index in [9.17, 15) is 9.59 Å². The fourth-order valence-corrected chi connectivity index (χ4v) is 2.38. The van der Waals surface area contributed by atoms with Crippen LogP contribution in [0.15, 0.2) is 35.1 Å². The molecule has 0 bridgehead atoms. The highest BCUT2D eigenvalue weighted by Gasteiger charge is 2.22. The van der Waals surface area contributed by atoms with Gasteiger partial charge in [0.15, 0.2) is 6.04 Å². The Labute approximate surface area is 139 Å². The molecule has 1 aromatic heterocycles. The van der Waals surface area contributed by atoms with Crippen LogP contribution in [0.25, 0.3) is 11.3 Å². The number of hydrogen-bond donors (Lipinski definition) is 0. The topological polar surface area (TPSA) is 79.7 Å². The first-order chi connectivity index (χ1) is 11.5. The molecule has 2 aromatic rings. The molecule has 7 heteroatoms. The Kier molecular flexibility index (Phi) is 5.57. The van der Waals surface area contributed by atoms with Gasteiger partial charge in [-0.25, -0.2) is 9.48 Å². The van der Waals surface area contributed by atoms with E-state index in [1.165, 1.54) is 20.3 Å². The summed E-state index contributed by atoms with van der Waals surface area (Å²) in [5.41, 5.74) is 0.826. The Morgan fingerprint density at radius 2 is 1.92 bits per heavy atom. The third-order valence-electron chi connectivity index (χ3n) is 3.66. The fraction of sp³-hybridized carbons (Fsp3) is 0.353. The number of carbonyl (C=O) groups excluding carboxylic acids is 1. The van der Waals surface area contributed by atoms with Gasteiger partial charge < -0.3 is 14.2 Å². The van der Waals surface area contributed by atoms with Crippen molar-refractivity contribution in [3.8, 4) is 22.8 Å². The highest BCUT2D eigenvalue weighted by molar-refractivity contribution is 5.74. The van der Waals surface area contributed by atoms with Crippen LogP contribution < -0.4 is 15.0 Å². The van der Waals surface area contributed by atoms with Gasteiger partial charge in [0.1, 0.15) is 11.5 Å². The van der Waals surface area contributed by atoms with Gasteiger partial charge in [-0.15, -0.1) is 0 Å². The third-order valence-corrected chi connectivity index (χ3v) is 3.66. The van der Waals surface area contributed by atoms with Crippen molar-refractivity contribution in [1.29, 1.82) is 0 Å². The molecule has 0 amide bonds. The highest BCUT2D eigenvalue weighted by atomic mass is 16.5. The molecule has 0 aliphatic rings. The van der Waals surface area contributed by atoms with Crippen LogP contribution in [0.3, 0.4) is 0 Å². The second-order valence-electron chi connectivity index (χ2n) is 5.01. The van der Waals surface area contributed by atoms with Crippen molar-refractivity contribution in [1.82, 2.24) is 9.78 Å². The molecule has 1 atom stereocenters. The summed E-state index contributed by atoms with van der Waals surface area (Å²) in [7, 11) is 4.39. The Hall–Kier alpha value is -2.83. The van der Waals surface area contributed by atoms with Crippen molar-refractivity contribution in [2.75, 3.05) is 21.3 Å². The minimum atomic E-state index is -0.772. The first-order valence-electron chi connectivity index (χ1n) is 7.45. The molecule has 0 saturated heterocycles. The lowest BCUT2D eigenvalue weighted by Gasteiger charge is -2.16. The van der Waals surface area contributed by atoms with Gasteiger partial charge in [0, 0.05) is 17.7 Å². The molecule has 0 radical (unpaired) electrons. The Bertz CT molecular complexity index is 785. The summed E-state index contributed by atoms with van der Waals surface area (Å²) in [5, 5.41) is 4.33. The predicted octanol–water partition coefficient (Wildman–Crippen LogP) is 2.05. The van der Waals surface area contributed by atoms with E-state index in [1.54, 1.807) is 38.3 Å². The first-order valence-corrected chi connectivity index (χ1v) is 7.45. The van der Waals surface area contributed by atoms with E-state index in [0.29, 0.717) is 29.2 Å². The van der Waals surface area contributed by atoms with Crippen LogP contribution in [0.1, 0.15) is 19.4 Å². The van der Waals surface area contributed by atoms with Crippen LogP contribution in [0.2, 0.25) is 0 Å². The van der Waals surface area contributed by atoms with Crippen LogP contribution in [0, 0.1) is 0 Å². The quantitative estimate of drug-likeness (QED) is 0.753. The van der Waals surface area contributed by atoms with E-state index in [1.807, 2.05) is 0 Å². The maximum absolute atomic E-state index is 12.1. The van der Waals surface area contributed by atoms with Crippen molar-refractivity contribution >= 4 is 5.97 Å². The number of rotatable bonds is 6.